The van der Waals surface area contributed by atoms with Gasteiger partial charge in [-0.3, -0.25) is 0 Å². The molecule has 0 spiro atoms. The predicted octanol–water partition coefficient (Wildman–Crippen LogP) is 0.0535. The molecule has 0 saturated carbocycles. The summed E-state index contributed by atoms with van der Waals surface area (Å²) in [7, 11) is -4.90. The summed E-state index contributed by atoms with van der Waals surface area (Å²) in [5, 5.41) is 0. The minimum atomic E-state index is -4.90. The molecular weight excluding hydrogens is 235 g/mol. The summed E-state index contributed by atoms with van der Waals surface area (Å²) in [6.07, 6.45) is 1.33. The normalized spacial score (nSPS) is 14.0. The van der Waals surface area contributed by atoms with Crippen LogP contribution in [-0.2, 0) is 18.6 Å². The Labute approximate surface area is 96.1 Å². The average Bonchev–Trinajstić information content (AvgIpc) is 2.13. The zero-order valence-corrected chi connectivity index (χ0v) is 10.6. The fourth-order valence-electron chi connectivity index (χ4n) is 0.966. The van der Waals surface area contributed by atoms with Crippen molar-refractivity contribution in [3.63, 3.8) is 0 Å². The minimum Gasteiger partial charge on any atom is -0.790 e. The molecule has 1 unspecified atom stereocenters. The van der Waals surface area contributed by atoms with Crippen molar-refractivity contribution in [2.24, 2.45) is 0 Å². The molecule has 0 radical (unpaired) electrons. The number of ether oxygens (including phenoxy) is 2. The zero-order chi connectivity index (χ0) is 12.4. The van der Waals surface area contributed by atoms with Gasteiger partial charge in [0.1, 0.15) is 0 Å². The van der Waals surface area contributed by atoms with Gasteiger partial charge >= 0.3 is 0 Å². The smallest absolute Gasteiger partial charge is 0.0832 e. The molecule has 6 nitrogen and oxygen atoms in total. The van der Waals surface area contributed by atoms with Crippen LogP contribution >= 0.6 is 7.82 Å². The largest absolute Gasteiger partial charge is 0.790 e. The summed E-state index contributed by atoms with van der Waals surface area (Å²) in [5.41, 5.74) is 0. The second-order valence-corrected chi connectivity index (χ2v) is 4.51. The Bertz CT molecular complexity index is 204. The van der Waals surface area contributed by atoms with E-state index in [0.29, 0.717) is 19.8 Å². The highest BCUT2D eigenvalue weighted by molar-refractivity contribution is 7.43. The van der Waals surface area contributed by atoms with Crippen LogP contribution < -0.4 is 9.79 Å². The van der Waals surface area contributed by atoms with Gasteiger partial charge < -0.3 is 28.3 Å². The molecular formula is C9H19O6P-2. The highest BCUT2D eigenvalue weighted by atomic mass is 31.2. The Morgan fingerprint density at radius 3 is 2.38 bits per heavy atom. The monoisotopic (exact) mass is 254 g/mol. The molecule has 0 rings (SSSR count). The van der Waals surface area contributed by atoms with Gasteiger partial charge in [-0.25, -0.2) is 0 Å². The molecule has 0 amide bonds. The van der Waals surface area contributed by atoms with Crippen LogP contribution in [0, 0.1) is 0 Å². The number of phosphoric acid groups is 1. The molecule has 0 heterocycles. The Balaban J connectivity index is 3.28. The van der Waals surface area contributed by atoms with E-state index in [9.17, 15) is 14.4 Å². The lowest BCUT2D eigenvalue weighted by Crippen LogP contribution is -2.24. The van der Waals surface area contributed by atoms with Crippen LogP contribution in [0.3, 0.4) is 0 Å². The van der Waals surface area contributed by atoms with Gasteiger partial charge in [0, 0.05) is 6.61 Å². The van der Waals surface area contributed by atoms with Gasteiger partial charge in [-0.05, 0) is 13.3 Å². The first kappa shape index (κ1) is 16.0. The Kier molecular flexibility index (Phi) is 9.12. The Morgan fingerprint density at radius 2 is 1.81 bits per heavy atom. The SMILES string of the molecule is CCCCOCCOCC(C)OP(=O)([O-])[O-]. The first-order valence-corrected chi connectivity index (χ1v) is 6.77. The highest BCUT2D eigenvalue weighted by Crippen LogP contribution is 2.26. The second kappa shape index (κ2) is 9.10. The maximum absolute atomic E-state index is 10.2. The molecule has 1 atom stereocenters. The first-order valence-electron chi connectivity index (χ1n) is 5.31. The van der Waals surface area contributed by atoms with Crippen molar-refractivity contribution < 1.29 is 28.3 Å². The summed E-state index contributed by atoms with van der Waals surface area (Å²) in [6.45, 7) is 5.11. The van der Waals surface area contributed by atoms with Crippen LogP contribution in [0.25, 0.3) is 0 Å². The highest BCUT2D eigenvalue weighted by Gasteiger charge is 2.04. The van der Waals surface area contributed by atoms with E-state index in [2.05, 4.69) is 11.4 Å². The van der Waals surface area contributed by atoms with Crippen molar-refractivity contribution in [3.05, 3.63) is 0 Å². The van der Waals surface area contributed by atoms with Gasteiger partial charge in [0.15, 0.2) is 0 Å². The summed E-state index contributed by atoms with van der Waals surface area (Å²) in [4.78, 5) is 20.4. The van der Waals surface area contributed by atoms with Crippen molar-refractivity contribution in [2.45, 2.75) is 32.8 Å². The van der Waals surface area contributed by atoms with Crippen molar-refractivity contribution in [2.75, 3.05) is 26.4 Å². The van der Waals surface area contributed by atoms with Gasteiger partial charge in [0.05, 0.1) is 33.7 Å². The lowest BCUT2D eigenvalue weighted by molar-refractivity contribution is -0.345. The summed E-state index contributed by atoms with van der Waals surface area (Å²) < 4.78 is 24.7. The van der Waals surface area contributed by atoms with Crippen LogP contribution in [0.4, 0.5) is 0 Å². The van der Waals surface area contributed by atoms with Crippen molar-refractivity contribution in [1.82, 2.24) is 0 Å². The van der Waals surface area contributed by atoms with E-state index in [1.807, 2.05) is 0 Å². The summed E-state index contributed by atoms with van der Waals surface area (Å²) in [6, 6.07) is 0. The van der Waals surface area contributed by atoms with E-state index >= 15 is 0 Å². The maximum Gasteiger partial charge on any atom is 0.0832 e. The molecule has 0 aliphatic heterocycles. The number of unbranched alkanes of at least 4 members (excludes halogenated alkanes) is 1. The van der Waals surface area contributed by atoms with Crippen LogP contribution in [0.2, 0.25) is 0 Å². The third-order valence-corrected chi connectivity index (χ3v) is 2.29. The predicted molar refractivity (Wildman–Crippen MR) is 54.7 cm³/mol. The number of rotatable bonds is 10. The minimum absolute atomic E-state index is 0.0611. The lowest BCUT2D eigenvalue weighted by Gasteiger charge is -2.31. The van der Waals surface area contributed by atoms with Crippen molar-refractivity contribution in [1.29, 1.82) is 0 Å². The number of hydrogen-bond acceptors (Lipinski definition) is 6. The molecule has 0 bridgehead atoms. The van der Waals surface area contributed by atoms with Crippen LogP contribution in [0.5, 0.6) is 0 Å². The van der Waals surface area contributed by atoms with Gasteiger partial charge in [0.25, 0.3) is 0 Å². The fraction of sp³-hybridized carbons (Fsp3) is 1.00. The molecule has 0 fully saturated rings. The van der Waals surface area contributed by atoms with E-state index < -0.39 is 13.9 Å². The van der Waals surface area contributed by atoms with Gasteiger partial charge in [0.2, 0.25) is 0 Å². The molecule has 0 aliphatic rings. The lowest BCUT2D eigenvalue weighted by atomic mass is 10.4. The molecule has 0 aromatic heterocycles. The van der Waals surface area contributed by atoms with Crippen LogP contribution in [0.1, 0.15) is 26.7 Å². The molecule has 16 heavy (non-hydrogen) atoms. The second-order valence-electron chi connectivity index (χ2n) is 3.40. The molecule has 0 aromatic rings. The van der Waals surface area contributed by atoms with Crippen molar-refractivity contribution >= 4 is 7.82 Å². The van der Waals surface area contributed by atoms with Gasteiger partial charge in [-0.1, -0.05) is 13.3 Å². The first-order chi connectivity index (χ1) is 7.45. The molecule has 0 aliphatic carbocycles. The topological polar surface area (TPSA) is 90.9 Å². The average molecular weight is 254 g/mol. The molecule has 0 N–H and O–H groups in total. The van der Waals surface area contributed by atoms with E-state index in [1.165, 1.54) is 6.92 Å². The Hall–Kier alpha value is 0.0300. The summed E-state index contributed by atoms with van der Waals surface area (Å²) >= 11 is 0. The number of hydrogen-bond donors (Lipinski definition) is 0. The standard InChI is InChI=1S/C9H21O6P/c1-3-4-5-13-6-7-14-8-9(2)15-16(10,11)12/h9H,3-8H2,1-2H3,(H2,10,11,12)/p-2. The molecule has 98 valence electrons. The van der Waals surface area contributed by atoms with Crippen LogP contribution in [-0.4, -0.2) is 32.5 Å². The third kappa shape index (κ3) is 12.1. The third-order valence-electron chi connectivity index (χ3n) is 1.68. The van der Waals surface area contributed by atoms with E-state index in [4.69, 9.17) is 9.47 Å². The van der Waals surface area contributed by atoms with Crippen LogP contribution in [0.15, 0.2) is 0 Å². The Morgan fingerprint density at radius 1 is 1.19 bits per heavy atom. The summed E-state index contributed by atoms with van der Waals surface area (Å²) in [5.74, 6) is 0. The molecule has 7 heteroatoms. The molecule has 0 aromatic carbocycles. The van der Waals surface area contributed by atoms with Crippen molar-refractivity contribution in [3.8, 4) is 0 Å². The van der Waals surface area contributed by atoms with Gasteiger partial charge in [-0.2, -0.15) is 0 Å². The van der Waals surface area contributed by atoms with Gasteiger partial charge in [-0.15, -0.1) is 0 Å². The maximum atomic E-state index is 10.2. The quantitative estimate of drug-likeness (QED) is 0.404. The molecule has 0 saturated heterocycles. The zero-order valence-electron chi connectivity index (χ0n) is 9.72. The van der Waals surface area contributed by atoms with E-state index in [1.54, 1.807) is 0 Å². The van der Waals surface area contributed by atoms with E-state index in [-0.39, 0.29) is 6.61 Å². The fourth-order valence-corrected chi connectivity index (χ4v) is 1.47. The number of phosphoric ester groups is 1. The van der Waals surface area contributed by atoms with E-state index in [0.717, 1.165) is 12.8 Å².